The number of carbonyl (C=O) groups is 1. The fourth-order valence-corrected chi connectivity index (χ4v) is 2.11. The normalized spacial score (nSPS) is 19.4. The predicted molar refractivity (Wildman–Crippen MR) is 80.0 cm³/mol. The molecule has 1 aromatic heterocycles. The van der Waals surface area contributed by atoms with E-state index in [4.69, 9.17) is 0 Å². The number of nitrogens with zero attached hydrogens (tertiary/aromatic N) is 2. The van der Waals surface area contributed by atoms with Crippen molar-refractivity contribution in [2.45, 2.75) is 0 Å². The van der Waals surface area contributed by atoms with Gasteiger partial charge in [-0.15, -0.1) is 0 Å². The fraction of sp³-hybridized carbons (Fsp3) is 0.0588. The smallest absolute Gasteiger partial charge is 0.204 e. The number of ketones is 1. The summed E-state index contributed by atoms with van der Waals surface area (Å²) < 4.78 is 0. The van der Waals surface area contributed by atoms with Crippen LogP contribution in [0.5, 0.6) is 0 Å². The molecule has 1 aliphatic carbocycles. The first-order valence-electron chi connectivity index (χ1n) is 6.43. The fourth-order valence-electron chi connectivity index (χ4n) is 2.11. The van der Waals surface area contributed by atoms with Crippen LogP contribution in [0.1, 0.15) is 10.5 Å². The molecule has 2 aliphatic rings. The summed E-state index contributed by atoms with van der Waals surface area (Å²) in [5, 5.41) is 1.66. The Balaban J connectivity index is 2.00. The van der Waals surface area contributed by atoms with Gasteiger partial charge in [-0.05, 0) is 36.4 Å². The molecular weight excluding hydrogens is 248 g/mol. The van der Waals surface area contributed by atoms with Crippen molar-refractivity contribution in [3.05, 3.63) is 76.7 Å². The molecule has 3 heteroatoms. The van der Waals surface area contributed by atoms with E-state index in [2.05, 4.69) is 4.98 Å². The first-order valence-corrected chi connectivity index (χ1v) is 6.43. The largest absolute Gasteiger partial charge is 0.351 e. The second kappa shape index (κ2) is 5.13. The van der Waals surface area contributed by atoms with Gasteiger partial charge in [0.2, 0.25) is 5.78 Å². The van der Waals surface area contributed by atoms with E-state index >= 15 is 0 Å². The van der Waals surface area contributed by atoms with Crippen LogP contribution in [0, 0.1) is 0 Å². The third-order valence-corrected chi connectivity index (χ3v) is 3.22. The molecule has 0 unspecified atom stereocenters. The molecule has 0 amide bonds. The number of carbonyl (C=O) groups excluding carboxylic acids is 1. The minimum Gasteiger partial charge on any atom is -0.351 e. The van der Waals surface area contributed by atoms with Gasteiger partial charge in [0.1, 0.15) is 5.69 Å². The predicted octanol–water partition coefficient (Wildman–Crippen LogP) is 1.29. The molecule has 0 spiro atoms. The van der Waals surface area contributed by atoms with Crippen LogP contribution in [0.2, 0.25) is 0 Å². The van der Waals surface area contributed by atoms with Crippen molar-refractivity contribution < 1.29 is 4.79 Å². The van der Waals surface area contributed by atoms with Gasteiger partial charge in [0.05, 0.1) is 5.35 Å². The number of hydrogen-bond donors (Lipinski definition) is 0. The molecule has 0 N–H and O–H groups in total. The first-order chi connectivity index (χ1) is 9.74. The van der Waals surface area contributed by atoms with E-state index in [1.165, 1.54) is 0 Å². The van der Waals surface area contributed by atoms with Gasteiger partial charge in [-0.1, -0.05) is 24.3 Å². The van der Waals surface area contributed by atoms with E-state index in [1.54, 1.807) is 12.2 Å². The van der Waals surface area contributed by atoms with Gasteiger partial charge < -0.3 is 4.90 Å². The van der Waals surface area contributed by atoms with Crippen molar-refractivity contribution in [2.24, 2.45) is 0 Å². The number of likely N-dealkylation sites (N-methyl/N-ethyl adjacent to an activating group) is 1. The molecule has 0 atom stereocenters. The Morgan fingerprint density at radius 2 is 2.00 bits per heavy atom. The number of rotatable bonds is 1. The maximum absolute atomic E-state index is 11.8. The Labute approximate surface area is 117 Å². The summed E-state index contributed by atoms with van der Waals surface area (Å²) in [6, 6.07) is 3.84. The summed E-state index contributed by atoms with van der Waals surface area (Å²) >= 11 is 0. The van der Waals surface area contributed by atoms with E-state index in [9.17, 15) is 4.79 Å². The Kier molecular flexibility index (Phi) is 3.17. The van der Waals surface area contributed by atoms with Crippen LogP contribution in [0.3, 0.4) is 0 Å². The molecule has 1 aromatic rings. The van der Waals surface area contributed by atoms with E-state index in [0.29, 0.717) is 5.69 Å². The molecule has 0 aromatic carbocycles. The highest BCUT2D eigenvalue weighted by Crippen LogP contribution is 2.09. The SMILES string of the molecule is CN1C=CC=C/C1=C\C=c1/ccc2c(n1)C(=O)C=CC=2. The molecule has 0 bridgehead atoms. The van der Waals surface area contributed by atoms with Crippen molar-refractivity contribution in [1.82, 2.24) is 9.88 Å². The van der Waals surface area contributed by atoms with Crippen LogP contribution < -0.4 is 10.6 Å². The highest BCUT2D eigenvalue weighted by molar-refractivity contribution is 6.05. The van der Waals surface area contributed by atoms with Crippen LogP contribution >= 0.6 is 0 Å². The van der Waals surface area contributed by atoms with Crippen LogP contribution in [-0.4, -0.2) is 22.7 Å². The quantitative estimate of drug-likeness (QED) is 0.764. The molecule has 0 saturated carbocycles. The van der Waals surface area contributed by atoms with Gasteiger partial charge in [-0.25, -0.2) is 4.98 Å². The zero-order valence-electron chi connectivity index (χ0n) is 11.2. The Morgan fingerprint density at radius 3 is 2.85 bits per heavy atom. The minimum absolute atomic E-state index is 0.0389. The zero-order valence-corrected chi connectivity index (χ0v) is 11.2. The monoisotopic (exact) mass is 262 g/mol. The average molecular weight is 262 g/mol. The molecule has 0 fully saturated rings. The van der Waals surface area contributed by atoms with Crippen LogP contribution in [0.25, 0.3) is 12.2 Å². The molecule has 3 nitrogen and oxygen atoms in total. The maximum Gasteiger partial charge on any atom is 0.204 e. The summed E-state index contributed by atoms with van der Waals surface area (Å²) in [4.78, 5) is 18.2. The van der Waals surface area contributed by atoms with E-state index in [0.717, 1.165) is 16.3 Å². The second-order valence-corrected chi connectivity index (χ2v) is 4.63. The molecular formula is C17H14N2O. The van der Waals surface area contributed by atoms with Gasteiger partial charge in [-0.2, -0.15) is 0 Å². The van der Waals surface area contributed by atoms with Crippen LogP contribution in [0.4, 0.5) is 0 Å². The molecule has 0 saturated heterocycles. The third-order valence-electron chi connectivity index (χ3n) is 3.22. The third kappa shape index (κ3) is 2.38. The Morgan fingerprint density at radius 1 is 1.10 bits per heavy atom. The second-order valence-electron chi connectivity index (χ2n) is 4.63. The Hall–Kier alpha value is -2.68. The maximum atomic E-state index is 11.8. The molecule has 98 valence electrons. The van der Waals surface area contributed by atoms with Crippen LogP contribution in [0.15, 0.2) is 60.5 Å². The minimum atomic E-state index is -0.0389. The lowest BCUT2D eigenvalue weighted by Crippen LogP contribution is -2.24. The van der Waals surface area contributed by atoms with E-state index in [1.807, 2.05) is 66.7 Å². The molecule has 0 radical (unpaired) electrons. The lowest BCUT2D eigenvalue weighted by atomic mass is 10.1. The van der Waals surface area contributed by atoms with E-state index < -0.39 is 0 Å². The standard InChI is InChI=1S/C17H14N2O/c1-19-12-3-2-6-15(19)11-10-14-9-8-13-5-4-7-16(20)17(13)18-14/h2-12H,1H3/b14-10+,15-11+. The lowest BCUT2D eigenvalue weighted by Gasteiger charge is -2.16. The number of allylic oxidation sites excluding steroid dienone is 6. The number of fused-ring (bicyclic) bond motifs is 1. The van der Waals surface area contributed by atoms with Crippen molar-refractivity contribution in [2.75, 3.05) is 7.05 Å². The van der Waals surface area contributed by atoms with E-state index in [-0.39, 0.29) is 5.78 Å². The lowest BCUT2D eigenvalue weighted by molar-refractivity contribution is 0.104. The number of hydrogen-bond acceptors (Lipinski definition) is 3. The van der Waals surface area contributed by atoms with Gasteiger partial charge in [0, 0.05) is 24.2 Å². The van der Waals surface area contributed by atoms with Gasteiger partial charge in [0.15, 0.2) is 0 Å². The summed E-state index contributed by atoms with van der Waals surface area (Å²) in [5.74, 6) is -0.0389. The summed E-state index contributed by atoms with van der Waals surface area (Å²) in [7, 11) is 1.99. The van der Waals surface area contributed by atoms with Gasteiger partial charge in [0.25, 0.3) is 0 Å². The average Bonchev–Trinajstić information content (AvgIpc) is 2.47. The zero-order chi connectivity index (χ0) is 13.9. The summed E-state index contributed by atoms with van der Waals surface area (Å²) in [6.07, 6.45) is 17.1. The summed E-state index contributed by atoms with van der Waals surface area (Å²) in [6.45, 7) is 0. The molecule has 20 heavy (non-hydrogen) atoms. The van der Waals surface area contributed by atoms with Crippen molar-refractivity contribution >= 4 is 17.9 Å². The first kappa shape index (κ1) is 12.4. The molecule has 1 aliphatic heterocycles. The van der Waals surface area contributed by atoms with Crippen molar-refractivity contribution in [3.63, 3.8) is 0 Å². The topological polar surface area (TPSA) is 33.2 Å². The number of pyridine rings is 1. The van der Waals surface area contributed by atoms with Crippen LogP contribution in [-0.2, 0) is 0 Å². The van der Waals surface area contributed by atoms with Crippen molar-refractivity contribution in [1.29, 1.82) is 0 Å². The van der Waals surface area contributed by atoms with Gasteiger partial charge in [-0.3, -0.25) is 4.79 Å². The number of aromatic nitrogens is 1. The summed E-state index contributed by atoms with van der Waals surface area (Å²) in [5.41, 5.74) is 1.59. The van der Waals surface area contributed by atoms with Gasteiger partial charge >= 0.3 is 0 Å². The van der Waals surface area contributed by atoms with Crippen molar-refractivity contribution in [3.8, 4) is 0 Å². The highest BCUT2D eigenvalue weighted by Gasteiger charge is 2.07. The highest BCUT2D eigenvalue weighted by atomic mass is 16.1. The molecule has 3 rings (SSSR count). The Bertz CT molecular complexity index is 795. The molecule has 2 heterocycles.